The molecule has 0 heterocycles. The fourth-order valence-electron chi connectivity index (χ4n) is 5.13. The maximum atomic E-state index is 11.8. The van der Waals surface area contributed by atoms with Gasteiger partial charge >= 0.3 is 5.97 Å². The molecule has 0 aromatic rings. The van der Waals surface area contributed by atoms with E-state index in [0.717, 1.165) is 23.7 Å². The molecule has 108 valence electrons. The molecule has 3 saturated carbocycles. The molecule has 0 aromatic heterocycles. The third-order valence-corrected chi connectivity index (χ3v) is 5.78. The number of rotatable bonds is 3. The SMILES string of the molecule is CC1CC2(CCOC(=O)C(C)(C)C)CC3CC3(C1)C2. The summed E-state index contributed by atoms with van der Waals surface area (Å²) in [6.45, 7) is 8.82. The molecular weight excluding hydrogens is 236 g/mol. The van der Waals surface area contributed by atoms with E-state index in [1.807, 2.05) is 20.8 Å². The average molecular weight is 264 g/mol. The topological polar surface area (TPSA) is 26.3 Å². The highest BCUT2D eigenvalue weighted by molar-refractivity contribution is 5.75. The lowest BCUT2D eigenvalue weighted by Crippen LogP contribution is -2.31. The van der Waals surface area contributed by atoms with Gasteiger partial charge in [0.1, 0.15) is 0 Å². The second kappa shape index (κ2) is 3.99. The van der Waals surface area contributed by atoms with Gasteiger partial charge < -0.3 is 4.74 Å². The summed E-state index contributed by atoms with van der Waals surface area (Å²) >= 11 is 0. The van der Waals surface area contributed by atoms with Crippen molar-refractivity contribution in [2.75, 3.05) is 6.61 Å². The van der Waals surface area contributed by atoms with Gasteiger partial charge in [0.25, 0.3) is 0 Å². The van der Waals surface area contributed by atoms with Gasteiger partial charge in [0.2, 0.25) is 0 Å². The fourth-order valence-corrected chi connectivity index (χ4v) is 5.13. The molecule has 0 aliphatic heterocycles. The minimum Gasteiger partial charge on any atom is -0.465 e. The molecule has 0 aromatic carbocycles. The summed E-state index contributed by atoms with van der Waals surface area (Å²) in [7, 11) is 0. The molecule has 0 amide bonds. The molecule has 2 nitrogen and oxygen atoms in total. The van der Waals surface area contributed by atoms with Crippen LogP contribution >= 0.6 is 0 Å². The van der Waals surface area contributed by atoms with Crippen molar-refractivity contribution >= 4 is 5.97 Å². The quantitative estimate of drug-likeness (QED) is 0.715. The molecule has 3 fully saturated rings. The molecule has 19 heavy (non-hydrogen) atoms. The summed E-state index contributed by atoms with van der Waals surface area (Å²) in [5.41, 5.74) is 0.876. The highest BCUT2D eigenvalue weighted by Gasteiger charge is 2.67. The number of carbonyl (C=O) groups excluding carboxylic acids is 1. The van der Waals surface area contributed by atoms with Crippen molar-refractivity contribution in [2.45, 2.75) is 66.2 Å². The third-order valence-electron chi connectivity index (χ3n) is 5.78. The van der Waals surface area contributed by atoms with Crippen LogP contribution in [0.1, 0.15) is 66.2 Å². The Bertz CT molecular complexity index is 391. The van der Waals surface area contributed by atoms with Gasteiger partial charge in [0, 0.05) is 0 Å². The first-order valence-corrected chi connectivity index (χ1v) is 7.92. The van der Waals surface area contributed by atoms with Gasteiger partial charge in [-0.1, -0.05) is 6.92 Å². The molecule has 2 heteroatoms. The summed E-state index contributed by atoms with van der Waals surface area (Å²) in [6.07, 6.45) is 8.23. The molecule has 4 unspecified atom stereocenters. The van der Waals surface area contributed by atoms with E-state index in [-0.39, 0.29) is 11.4 Å². The van der Waals surface area contributed by atoms with E-state index in [2.05, 4.69) is 6.92 Å². The van der Waals surface area contributed by atoms with Crippen molar-refractivity contribution in [3.63, 3.8) is 0 Å². The lowest BCUT2D eigenvalue weighted by molar-refractivity contribution is -0.154. The standard InChI is InChI=1S/C17H28O2/c1-12-7-16(5-6-19-14(18)15(2,3)4)9-13-10-17(13,8-12)11-16/h12-13H,5-11H2,1-4H3. The minimum atomic E-state index is -0.365. The average Bonchev–Trinajstić information content (AvgIpc) is 2.79. The van der Waals surface area contributed by atoms with Gasteiger partial charge in [-0.05, 0) is 82.0 Å². The van der Waals surface area contributed by atoms with Crippen molar-refractivity contribution in [1.29, 1.82) is 0 Å². The van der Waals surface area contributed by atoms with E-state index >= 15 is 0 Å². The minimum absolute atomic E-state index is 0.0503. The Balaban J connectivity index is 1.55. The Labute approximate surface area is 117 Å². The fraction of sp³-hybridized carbons (Fsp3) is 0.941. The van der Waals surface area contributed by atoms with Crippen molar-refractivity contribution in [1.82, 2.24) is 0 Å². The Morgan fingerprint density at radius 2 is 1.95 bits per heavy atom. The van der Waals surface area contributed by atoms with Crippen LogP contribution < -0.4 is 0 Å². The van der Waals surface area contributed by atoms with Crippen LogP contribution in [0.3, 0.4) is 0 Å². The molecule has 0 radical (unpaired) electrons. The Kier molecular flexibility index (Phi) is 2.82. The van der Waals surface area contributed by atoms with Crippen LogP contribution in [0.2, 0.25) is 0 Å². The molecule has 3 aliphatic rings. The predicted molar refractivity (Wildman–Crippen MR) is 75.6 cm³/mol. The van der Waals surface area contributed by atoms with E-state index in [9.17, 15) is 4.79 Å². The van der Waals surface area contributed by atoms with E-state index in [4.69, 9.17) is 4.74 Å². The van der Waals surface area contributed by atoms with Crippen LogP contribution in [0.15, 0.2) is 0 Å². The zero-order valence-electron chi connectivity index (χ0n) is 12.9. The number of esters is 1. The normalized spacial score (nSPS) is 43.8. The number of ether oxygens (including phenoxy) is 1. The predicted octanol–water partition coefficient (Wildman–Crippen LogP) is 4.18. The van der Waals surface area contributed by atoms with Gasteiger partial charge in [-0.15, -0.1) is 0 Å². The van der Waals surface area contributed by atoms with Gasteiger partial charge in [0.15, 0.2) is 0 Å². The van der Waals surface area contributed by atoms with Crippen LogP contribution in [-0.4, -0.2) is 12.6 Å². The first-order chi connectivity index (χ1) is 8.75. The van der Waals surface area contributed by atoms with E-state index in [0.29, 0.717) is 12.0 Å². The molecule has 0 N–H and O–H groups in total. The molecule has 4 atom stereocenters. The summed E-state index contributed by atoms with van der Waals surface area (Å²) < 4.78 is 5.50. The Morgan fingerprint density at radius 1 is 1.21 bits per heavy atom. The molecule has 3 rings (SSSR count). The lowest BCUT2D eigenvalue weighted by atomic mass is 9.66. The Hall–Kier alpha value is -0.530. The summed E-state index contributed by atoms with van der Waals surface area (Å²) in [6, 6.07) is 0. The second-order valence-electron chi connectivity index (χ2n) is 8.79. The first kappa shape index (κ1) is 13.5. The van der Waals surface area contributed by atoms with Crippen molar-refractivity contribution in [3.05, 3.63) is 0 Å². The van der Waals surface area contributed by atoms with Crippen LogP contribution in [0, 0.1) is 28.1 Å². The second-order valence-corrected chi connectivity index (χ2v) is 8.79. The Morgan fingerprint density at radius 3 is 2.63 bits per heavy atom. The molecule has 0 saturated heterocycles. The first-order valence-electron chi connectivity index (χ1n) is 7.92. The molecule has 1 spiro atoms. The summed E-state index contributed by atoms with van der Waals surface area (Å²) in [5.74, 6) is 1.83. The molecule has 2 bridgehead atoms. The van der Waals surface area contributed by atoms with Crippen LogP contribution in [0.4, 0.5) is 0 Å². The highest BCUT2D eigenvalue weighted by Crippen LogP contribution is 2.76. The van der Waals surface area contributed by atoms with Crippen molar-refractivity contribution in [2.24, 2.45) is 28.1 Å². The lowest BCUT2D eigenvalue weighted by Gasteiger charge is -2.40. The van der Waals surface area contributed by atoms with Crippen LogP contribution in [-0.2, 0) is 9.53 Å². The number of fused-ring (bicyclic) bond motifs is 1. The van der Waals surface area contributed by atoms with Gasteiger partial charge in [-0.2, -0.15) is 0 Å². The largest absolute Gasteiger partial charge is 0.465 e. The highest BCUT2D eigenvalue weighted by atomic mass is 16.5. The van der Waals surface area contributed by atoms with E-state index in [1.54, 1.807) is 0 Å². The van der Waals surface area contributed by atoms with Crippen LogP contribution in [0.25, 0.3) is 0 Å². The number of carbonyl (C=O) groups is 1. The van der Waals surface area contributed by atoms with E-state index in [1.165, 1.54) is 32.1 Å². The molecule has 3 aliphatic carbocycles. The van der Waals surface area contributed by atoms with Crippen molar-refractivity contribution in [3.8, 4) is 0 Å². The third kappa shape index (κ3) is 2.32. The van der Waals surface area contributed by atoms with Crippen LogP contribution in [0.5, 0.6) is 0 Å². The summed E-state index contributed by atoms with van der Waals surface area (Å²) in [5, 5.41) is 0. The number of hydrogen-bond acceptors (Lipinski definition) is 2. The molecular formula is C17H28O2. The maximum absolute atomic E-state index is 11.8. The van der Waals surface area contributed by atoms with Gasteiger partial charge in [-0.25, -0.2) is 0 Å². The number of hydrogen-bond donors (Lipinski definition) is 0. The summed E-state index contributed by atoms with van der Waals surface area (Å²) in [4.78, 5) is 11.8. The monoisotopic (exact) mass is 264 g/mol. The zero-order valence-corrected chi connectivity index (χ0v) is 12.9. The maximum Gasteiger partial charge on any atom is 0.311 e. The van der Waals surface area contributed by atoms with E-state index < -0.39 is 0 Å². The van der Waals surface area contributed by atoms with Crippen molar-refractivity contribution < 1.29 is 9.53 Å². The van der Waals surface area contributed by atoms with Gasteiger partial charge in [-0.3, -0.25) is 4.79 Å². The zero-order chi connectivity index (χ0) is 13.9. The smallest absolute Gasteiger partial charge is 0.311 e. The van der Waals surface area contributed by atoms with Gasteiger partial charge in [0.05, 0.1) is 12.0 Å².